The van der Waals surface area contributed by atoms with Crippen molar-refractivity contribution in [1.29, 1.82) is 0 Å². The van der Waals surface area contributed by atoms with E-state index in [0.717, 1.165) is 43.4 Å². The number of urea groups is 1. The maximum atomic E-state index is 13.1. The van der Waals surface area contributed by atoms with Gasteiger partial charge in [-0.15, -0.1) is 0 Å². The first-order chi connectivity index (χ1) is 14.0. The molecule has 1 saturated carbocycles. The molecule has 8 nitrogen and oxygen atoms in total. The first-order valence-corrected chi connectivity index (χ1v) is 10.5. The fourth-order valence-corrected chi connectivity index (χ4v) is 4.46. The molecule has 1 spiro atoms. The van der Waals surface area contributed by atoms with Crippen LogP contribution in [0.5, 0.6) is 0 Å². The molecule has 2 heterocycles. The molecule has 1 unspecified atom stereocenters. The number of amides is 3. The van der Waals surface area contributed by atoms with E-state index < -0.39 is 5.54 Å². The zero-order chi connectivity index (χ0) is 20.4. The number of aromatic nitrogens is 2. The fraction of sp³-hybridized carbons (Fsp3) is 0.524. The second-order valence-corrected chi connectivity index (χ2v) is 8.13. The maximum Gasteiger partial charge on any atom is 0.329 e. The Hall–Kier alpha value is -2.74. The molecule has 3 amide bonds. The van der Waals surface area contributed by atoms with Gasteiger partial charge in [-0.05, 0) is 31.9 Å². The molecule has 0 bridgehead atoms. The first kappa shape index (κ1) is 19.6. The molecule has 2 fully saturated rings. The SMILES string of the molecule is CC[NH+](Cc1nc2ccccc2c(=O)[nH]1)CN1C(=O)NC2(CCCCCC2)C1=O. The number of quaternary nitrogens is 1. The lowest BCUT2D eigenvalue weighted by molar-refractivity contribution is -0.919. The van der Waals surface area contributed by atoms with Crippen LogP contribution in [0.3, 0.4) is 0 Å². The van der Waals surface area contributed by atoms with Crippen molar-refractivity contribution in [3.8, 4) is 0 Å². The highest BCUT2D eigenvalue weighted by molar-refractivity contribution is 6.06. The second kappa shape index (κ2) is 7.94. The number of imide groups is 1. The number of H-pyrrole nitrogens is 1. The van der Waals surface area contributed by atoms with Gasteiger partial charge in [-0.2, -0.15) is 0 Å². The van der Waals surface area contributed by atoms with Crippen molar-refractivity contribution >= 4 is 22.8 Å². The van der Waals surface area contributed by atoms with Gasteiger partial charge in [0, 0.05) is 0 Å². The van der Waals surface area contributed by atoms with Crippen LogP contribution in [-0.2, 0) is 11.3 Å². The number of hydrogen-bond donors (Lipinski definition) is 3. The van der Waals surface area contributed by atoms with Gasteiger partial charge in [-0.25, -0.2) is 14.7 Å². The Morgan fingerprint density at radius 1 is 1.10 bits per heavy atom. The smallest absolute Gasteiger partial charge is 0.323 e. The largest absolute Gasteiger partial charge is 0.329 e. The van der Waals surface area contributed by atoms with Crippen LogP contribution in [0.15, 0.2) is 29.1 Å². The molecule has 1 aromatic heterocycles. The van der Waals surface area contributed by atoms with Gasteiger partial charge in [0.15, 0.2) is 12.5 Å². The highest BCUT2D eigenvalue weighted by Crippen LogP contribution is 2.32. The standard InChI is InChI=1S/C21H27N5O3/c1-2-25(13-17-22-16-10-6-5-9-15(16)18(27)23-17)14-26-19(28)21(24-20(26)29)11-7-3-4-8-12-21/h5-6,9-10H,2-4,7-8,11-14H2,1H3,(H,24,29)(H,22,23,27)/p+1. The van der Waals surface area contributed by atoms with Crippen molar-refractivity contribution in [3.63, 3.8) is 0 Å². The van der Waals surface area contributed by atoms with Gasteiger partial charge in [0.2, 0.25) is 0 Å². The van der Waals surface area contributed by atoms with Crippen LogP contribution in [0.1, 0.15) is 51.3 Å². The van der Waals surface area contributed by atoms with Crippen molar-refractivity contribution in [2.75, 3.05) is 13.2 Å². The number of carbonyl (C=O) groups excluding carboxylic acids is 2. The van der Waals surface area contributed by atoms with Crippen molar-refractivity contribution in [2.24, 2.45) is 0 Å². The summed E-state index contributed by atoms with van der Waals surface area (Å²) in [5.41, 5.74) is -0.246. The average Bonchev–Trinajstić information content (AvgIpc) is 2.87. The van der Waals surface area contributed by atoms with E-state index in [1.54, 1.807) is 6.07 Å². The Morgan fingerprint density at radius 3 is 2.55 bits per heavy atom. The zero-order valence-electron chi connectivity index (χ0n) is 16.8. The molecular formula is C21H28N5O3+. The van der Waals surface area contributed by atoms with E-state index in [1.165, 1.54) is 4.90 Å². The van der Waals surface area contributed by atoms with Crippen LogP contribution in [0.4, 0.5) is 4.79 Å². The van der Waals surface area contributed by atoms with Gasteiger partial charge in [-0.3, -0.25) is 9.59 Å². The number of benzene rings is 1. The van der Waals surface area contributed by atoms with E-state index >= 15 is 0 Å². The minimum atomic E-state index is -0.720. The van der Waals surface area contributed by atoms with Crippen LogP contribution < -0.4 is 15.8 Å². The summed E-state index contributed by atoms with van der Waals surface area (Å²) in [5.74, 6) is 0.456. The van der Waals surface area contributed by atoms with Gasteiger partial charge < -0.3 is 15.2 Å². The van der Waals surface area contributed by atoms with Gasteiger partial charge in [0.1, 0.15) is 12.1 Å². The summed E-state index contributed by atoms with van der Waals surface area (Å²) in [5, 5.41) is 3.54. The Kier molecular flexibility index (Phi) is 5.36. The highest BCUT2D eigenvalue weighted by Gasteiger charge is 2.51. The summed E-state index contributed by atoms with van der Waals surface area (Å²) in [6.45, 7) is 3.38. The van der Waals surface area contributed by atoms with E-state index in [0.29, 0.717) is 29.8 Å². The third-order valence-corrected chi connectivity index (χ3v) is 6.16. The lowest BCUT2D eigenvalue weighted by Crippen LogP contribution is -3.12. The molecule has 8 heteroatoms. The molecule has 1 aliphatic carbocycles. The van der Waals surface area contributed by atoms with Crippen LogP contribution >= 0.6 is 0 Å². The molecule has 1 aliphatic heterocycles. The van der Waals surface area contributed by atoms with Crippen LogP contribution in [0, 0.1) is 0 Å². The number of fused-ring (bicyclic) bond motifs is 1. The Bertz CT molecular complexity index is 978. The fourth-order valence-electron chi connectivity index (χ4n) is 4.46. The molecule has 2 aromatic rings. The molecular weight excluding hydrogens is 370 g/mol. The molecule has 29 heavy (non-hydrogen) atoms. The molecule has 1 saturated heterocycles. The van der Waals surface area contributed by atoms with E-state index in [-0.39, 0.29) is 24.2 Å². The number of carbonyl (C=O) groups is 2. The number of aromatic amines is 1. The summed E-state index contributed by atoms with van der Waals surface area (Å²) in [7, 11) is 0. The van der Waals surface area contributed by atoms with Crippen LogP contribution in [0.2, 0.25) is 0 Å². The number of nitrogens with one attached hydrogen (secondary N) is 3. The molecule has 2 aliphatic rings. The summed E-state index contributed by atoms with van der Waals surface area (Å²) >= 11 is 0. The number of para-hydroxylation sites is 1. The number of nitrogens with zero attached hydrogens (tertiary/aromatic N) is 2. The molecule has 1 atom stereocenters. The predicted octanol–water partition coefficient (Wildman–Crippen LogP) is 0.930. The van der Waals surface area contributed by atoms with Gasteiger partial charge in [0.25, 0.3) is 11.5 Å². The van der Waals surface area contributed by atoms with Crippen LogP contribution in [0.25, 0.3) is 10.9 Å². The number of hydrogen-bond acceptors (Lipinski definition) is 4. The van der Waals surface area contributed by atoms with Gasteiger partial charge in [-0.1, -0.05) is 37.8 Å². The monoisotopic (exact) mass is 398 g/mol. The molecule has 154 valence electrons. The van der Waals surface area contributed by atoms with Gasteiger partial charge >= 0.3 is 6.03 Å². The van der Waals surface area contributed by atoms with E-state index in [4.69, 9.17) is 0 Å². The van der Waals surface area contributed by atoms with Crippen LogP contribution in [-0.4, -0.2) is 45.6 Å². The Labute approximate surface area is 169 Å². The second-order valence-electron chi connectivity index (χ2n) is 8.13. The quantitative estimate of drug-likeness (QED) is 0.653. The molecule has 4 rings (SSSR count). The highest BCUT2D eigenvalue weighted by atomic mass is 16.2. The lowest BCUT2D eigenvalue weighted by Gasteiger charge is -2.26. The van der Waals surface area contributed by atoms with Crippen molar-refractivity contribution < 1.29 is 14.5 Å². The average molecular weight is 398 g/mol. The minimum absolute atomic E-state index is 0.102. The number of rotatable bonds is 5. The van der Waals surface area contributed by atoms with Crippen molar-refractivity contribution in [2.45, 2.75) is 57.5 Å². The summed E-state index contributed by atoms with van der Waals surface area (Å²) < 4.78 is 0. The maximum absolute atomic E-state index is 13.1. The Balaban J connectivity index is 1.51. The van der Waals surface area contributed by atoms with Crippen molar-refractivity contribution in [3.05, 3.63) is 40.4 Å². The predicted molar refractivity (Wildman–Crippen MR) is 108 cm³/mol. The summed E-state index contributed by atoms with van der Waals surface area (Å²) in [4.78, 5) is 47.8. The van der Waals surface area contributed by atoms with Crippen molar-refractivity contribution in [1.82, 2.24) is 20.2 Å². The Morgan fingerprint density at radius 2 is 1.83 bits per heavy atom. The van der Waals surface area contributed by atoms with E-state index in [1.807, 2.05) is 25.1 Å². The summed E-state index contributed by atoms with van der Waals surface area (Å²) in [6.07, 6.45) is 5.58. The normalized spacial score (nSPS) is 20.1. The summed E-state index contributed by atoms with van der Waals surface area (Å²) in [6, 6.07) is 6.91. The molecule has 0 radical (unpaired) electrons. The third kappa shape index (κ3) is 3.76. The first-order valence-electron chi connectivity index (χ1n) is 10.5. The third-order valence-electron chi connectivity index (χ3n) is 6.16. The lowest BCUT2D eigenvalue weighted by atomic mass is 9.90. The topological polar surface area (TPSA) is 99.6 Å². The zero-order valence-corrected chi connectivity index (χ0v) is 16.8. The molecule has 3 N–H and O–H groups in total. The van der Waals surface area contributed by atoms with E-state index in [2.05, 4.69) is 15.3 Å². The van der Waals surface area contributed by atoms with Gasteiger partial charge in [0.05, 0.1) is 17.4 Å². The van der Waals surface area contributed by atoms with E-state index in [9.17, 15) is 14.4 Å². The molecule has 1 aromatic carbocycles. The minimum Gasteiger partial charge on any atom is -0.323 e.